The second-order valence-corrected chi connectivity index (χ2v) is 10.2. The lowest BCUT2D eigenvalue weighted by Gasteiger charge is -2.29. The molecule has 0 radical (unpaired) electrons. The first-order valence-electron chi connectivity index (χ1n) is 8.88. The number of thiophene rings is 1. The van der Waals surface area contributed by atoms with E-state index in [4.69, 9.17) is 19.4 Å². The summed E-state index contributed by atoms with van der Waals surface area (Å²) in [7, 11) is 0. The SMILES string of the molecule is CC(C)Sc1nc(N2CCOCC2)c2sc3c(c2n1)COC(C)(C)C3. The van der Waals surface area contributed by atoms with Crippen LogP contribution in [0, 0.1) is 0 Å². The fourth-order valence-corrected chi connectivity index (χ4v) is 5.47. The number of ether oxygens (including phenoxy) is 2. The van der Waals surface area contributed by atoms with E-state index in [-0.39, 0.29) is 5.60 Å². The molecule has 0 aromatic carbocycles. The summed E-state index contributed by atoms with van der Waals surface area (Å²) in [4.78, 5) is 13.6. The quantitative estimate of drug-likeness (QED) is 0.596. The third kappa shape index (κ3) is 3.52. The Hall–Kier alpha value is -0.890. The molecule has 0 spiro atoms. The van der Waals surface area contributed by atoms with Crippen LogP contribution >= 0.6 is 23.1 Å². The van der Waals surface area contributed by atoms with Gasteiger partial charge in [0, 0.05) is 35.2 Å². The molecule has 0 aliphatic carbocycles. The number of fused-ring (bicyclic) bond motifs is 3. The van der Waals surface area contributed by atoms with Gasteiger partial charge in [0.1, 0.15) is 0 Å². The maximum atomic E-state index is 6.07. The standard InChI is InChI=1S/C18H25N3O2S2/c1-11(2)24-17-19-14-12-10-23-18(3,4)9-13(12)25-15(14)16(20-17)21-5-7-22-8-6-21/h11H,5-10H2,1-4H3. The highest BCUT2D eigenvalue weighted by Gasteiger charge is 2.31. The summed E-state index contributed by atoms with van der Waals surface area (Å²) in [6, 6.07) is 0. The smallest absolute Gasteiger partial charge is 0.190 e. The van der Waals surface area contributed by atoms with Crippen molar-refractivity contribution in [3.05, 3.63) is 10.4 Å². The van der Waals surface area contributed by atoms with Crippen LogP contribution in [0.25, 0.3) is 10.2 Å². The Morgan fingerprint density at radius 3 is 2.68 bits per heavy atom. The van der Waals surface area contributed by atoms with Crippen molar-refractivity contribution in [1.82, 2.24) is 9.97 Å². The molecule has 0 unspecified atom stereocenters. The van der Waals surface area contributed by atoms with Crippen LogP contribution in [0.2, 0.25) is 0 Å². The van der Waals surface area contributed by atoms with E-state index >= 15 is 0 Å². The Bertz CT molecular complexity index is 782. The van der Waals surface area contributed by atoms with E-state index < -0.39 is 0 Å². The lowest BCUT2D eigenvalue weighted by atomic mass is 9.98. The van der Waals surface area contributed by atoms with E-state index in [1.807, 2.05) is 11.3 Å². The maximum absolute atomic E-state index is 6.07. The van der Waals surface area contributed by atoms with Crippen molar-refractivity contribution in [2.24, 2.45) is 0 Å². The summed E-state index contributed by atoms with van der Waals surface area (Å²) >= 11 is 3.58. The minimum atomic E-state index is -0.101. The van der Waals surface area contributed by atoms with Gasteiger partial charge >= 0.3 is 0 Å². The molecule has 25 heavy (non-hydrogen) atoms. The van der Waals surface area contributed by atoms with Crippen LogP contribution in [0.1, 0.15) is 38.1 Å². The first kappa shape index (κ1) is 17.5. The summed E-state index contributed by atoms with van der Waals surface area (Å²) in [6.07, 6.45) is 0.943. The predicted molar refractivity (Wildman–Crippen MR) is 104 cm³/mol. The fraction of sp³-hybridized carbons (Fsp3) is 0.667. The van der Waals surface area contributed by atoms with E-state index in [2.05, 4.69) is 32.6 Å². The Kier molecular flexibility index (Phi) is 4.68. The van der Waals surface area contributed by atoms with Crippen LogP contribution in [-0.4, -0.2) is 47.1 Å². The topological polar surface area (TPSA) is 47.5 Å². The molecular formula is C18H25N3O2S2. The molecule has 2 aromatic rings. The molecule has 4 rings (SSSR count). The Labute approximate surface area is 157 Å². The highest BCUT2D eigenvalue weighted by molar-refractivity contribution is 7.99. The summed E-state index contributed by atoms with van der Waals surface area (Å²) in [5.41, 5.74) is 2.26. The molecule has 2 aliphatic rings. The monoisotopic (exact) mass is 379 g/mol. The van der Waals surface area contributed by atoms with Crippen LogP contribution < -0.4 is 4.90 Å². The molecule has 0 bridgehead atoms. The van der Waals surface area contributed by atoms with Crippen molar-refractivity contribution in [2.45, 2.75) is 56.7 Å². The highest BCUT2D eigenvalue weighted by Crippen LogP contribution is 2.42. The van der Waals surface area contributed by atoms with Gasteiger partial charge in [-0.1, -0.05) is 25.6 Å². The molecule has 0 atom stereocenters. The molecule has 7 heteroatoms. The number of anilines is 1. The Balaban J connectivity index is 1.85. The molecule has 2 aliphatic heterocycles. The third-order valence-electron chi connectivity index (χ3n) is 4.52. The second kappa shape index (κ2) is 6.68. The molecule has 0 N–H and O–H groups in total. The highest BCUT2D eigenvalue weighted by atomic mass is 32.2. The normalized spacial score (nSPS) is 20.3. The van der Waals surface area contributed by atoms with Crippen LogP contribution in [0.5, 0.6) is 0 Å². The lowest BCUT2D eigenvalue weighted by molar-refractivity contribution is -0.0383. The van der Waals surface area contributed by atoms with Crippen LogP contribution in [-0.2, 0) is 22.5 Å². The summed E-state index contributed by atoms with van der Waals surface area (Å²) in [5.74, 6) is 1.08. The number of hydrogen-bond acceptors (Lipinski definition) is 7. The summed E-state index contributed by atoms with van der Waals surface area (Å²) in [6.45, 7) is 12.6. The minimum Gasteiger partial charge on any atom is -0.378 e. The van der Waals surface area contributed by atoms with E-state index in [1.165, 1.54) is 15.1 Å². The van der Waals surface area contributed by atoms with Gasteiger partial charge in [0.25, 0.3) is 0 Å². The molecule has 0 saturated carbocycles. The van der Waals surface area contributed by atoms with Gasteiger partial charge in [0.15, 0.2) is 11.0 Å². The predicted octanol–water partition coefficient (Wildman–Crippen LogP) is 3.88. The largest absolute Gasteiger partial charge is 0.378 e. The molecule has 0 amide bonds. The van der Waals surface area contributed by atoms with Crippen molar-refractivity contribution in [3.8, 4) is 0 Å². The van der Waals surface area contributed by atoms with E-state index in [0.29, 0.717) is 11.9 Å². The number of aromatic nitrogens is 2. The van der Waals surface area contributed by atoms with Crippen LogP contribution in [0.15, 0.2) is 5.16 Å². The average molecular weight is 380 g/mol. The molecule has 2 aromatic heterocycles. The van der Waals surface area contributed by atoms with Gasteiger partial charge in [-0.2, -0.15) is 0 Å². The number of thioether (sulfide) groups is 1. The van der Waals surface area contributed by atoms with Gasteiger partial charge in [-0.3, -0.25) is 0 Å². The van der Waals surface area contributed by atoms with E-state index in [0.717, 1.165) is 49.2 Å². The van der Waals surface area contributed by atoms with Gasteiger partial charge in [0.05, 0.1) is 35.6 Å². The van der Waals surface area contributed by atoms with E-state index in [1.54, 1.807) is 11.8 Å². The minimum absolute atomic E-state index is 0.101. The molecule has 5 nitrogen and oxygen atoms in total. The molecule has 4 heterocycles. The first-order valence-corrected chi connectivity index (χ1v) is 10.6. The van der Waals surface area contributed by atoms with Crippen molar-refractivity contribution in [1.29, 1.82) is 0 Å². The van der Waals surface area contributed by atoms with Gasteiger partial charge in [-0.15, -0.1) is 11.3 Å². The Morgan fingerprint density at radius 1 is 1.20 bits per heavy atom. The van der Waals surface area contributed by atoms with Gasteiger partial charge in [-0.25, -0.2) is 9.97 Å². The maximum Gasteiger partial charge on any atom is 0.190 e. The molecule has 1 fully saturated rings. The molecule has 136 valence electrons. The molecular weight excluding hydrogens is 354 g/mol. The number of rotatable bonds is 3. The van der Waals surface area contributed by atoms with Crippen LogP contribution in [0.3, 0.4) is 0 Å². The van der Waals surface area contributed by atoms with Gasteiger partial charge in [-0.05, 0) is 13.8 Å². The molecule has 1 saturated heterocycles. The zero-order chi connectivity index (χ0) is 17.6. The summed E-state index contributed by atoms with van der Waals surface area (Å²) < 4.78 is 12.8. The first-order chi connectivity index (χ1) is 11.9. The van der Waals surface area contributed by atoms with Crippen molar-refractivity contribution >= 4 is 39.1 Å². The van der Waals surface area contributed by atoms with Crippen molar-refractivity contribution in [2.75, 3.05) is 31.2 Å². The Morgan fingerprint density at radius 2 is 1.96 bits per heavy atom. The van der Waals surface area contributed by atoms with Crippen molar-refractivity contribution in [3.63, 3.8) is 0 Å². The fourth-order valence-electron chi connectivity index (χ4n) is 3.28. The zero-order valence-electron chi connectivity index (χ0n) is 15.3. The van der Waals surface area contributed by atoms with Crippen molar-refractivity contribution < 1.29 is 9.47 Å². The van der Waals surface area contributed by atoms with Gasteiger partial charge in [0.2, 0.25) is 0 Å². The van der Waals surface area contributed by atoms with E-state index in [9.17, 15) is 0 Å². The number of hydrogen-bond donors (Lipinski definition) is 0. The van der Waals surface area contributed by atoms with Gasteiger partial charge < -0.3 is 14.4 Å². The second-order valence-electron chi connectivity index (χ2n) is 7.50. The number of nitrogens with zero attached hydrogens (tertiary/aromatic N) is 3. The zero-order valence-corrected chi connectivity index (χ0v) is 16.9. The number of morpholine rings is 1. The lowest BCUT2D eigenvalue weighted by Crippen LogP contribution is -2.37. The average Bonchev–Trinajstić information content (AvgIpc) is 2.90. The van der Waals surface area contributed by atoms with Crippen LogP contribution in [0.4, 0.5) is 5.82 Å². The third-order valence-corrected chi connectivity index (χ3v) is 6.60. The summed E-state index contributed by atoms with van der Waals surface area (Å²) in [5, 5.41) is 1.33.